The molecule has 2 aliphatic rings. The van der Waals surface area contributed by atoms with Gasteiger partial charge in [-0.1, -0.05) is 0 Å². The summed E-state index contributed by atoms with van der Waals surface area (Å²) in [6.45, 7) is 3.67. The Hall–Kier alpha value is -2.25. The molecule has 26 heavy (non-hydrogen) atoms. The third-order valence-electron chi connectivity index (χ3n) is 4.94. The summed E-state index contributed by atoms with van der Waals surface area (Å²) in [6.07, 6.45) is 0.725. The number of hydrogen-bond acceptors (Lipinski definition) is 5. The van der Waals surface area contributed by atoms with E-state index in [1.54, 1.807) is 31.4 Å². The monoisotopic (exact) mass is 374 g/mol. The molecule has 2 aromatic carbocycles. The van der Waals surface area contributed by atoms with Gasteiger partial charge in [-0.25, -0.2) is 8.42 Å². The van der Waals surface area contributed by atoms with Crippen molar-refractivity contribution >= 4 is 21.4 Å². The van der Waals surface area contributed by atoms with E-state index in [0.29, 0.717) is 12.3 Å². The number of anilines is 2. The molecule has 0 amide bonds. The molecule has 0 radical (unpaired) electrons. The van der Waals surface area contributed by atoms with Crippen molar-refractivity contribution in [3.05, 3.63) is 48.0 Å². The first-order valence-electron chi connectivity index (χ1n) is 8.72. The molecule has 1 saturated heterocycles. The van der Waals surface area contributed by atoms with Crippen LogP contribution in [0.15, 0.2) is 47.4 Å². The third-order valence-corrected chi connectivity index (χ3v) is 6.77. The molecule has 138 valence electrons. The highest BCUT2D eigenvalue weighted by molar-refractivity contribution is 7.92. The van der Waals surface area contributed by atoms with Gasteiger partial charge in [-0.3, -0.25) is 4.31 Å². The summed E-state index contributed by atoms with van der Waals surface area (Å²) in [5.41, 5.74) is 2.99. The van der Waals surface area contributed by atoms with Crippen molar-refractivity contribution in [3.8, 4) is 5.75 Å². The van der Waals surface area contributed by atoms with Crippen LogP contribution in [0.25, 0.3) is 0 Å². The van der Waals surface area contributed by atoms with Gasteiger partial charge >= 0.3 is 0 Å². The van der Waals surface area contributed by atoms with E-state index in [-0.39, 0.29) is 4.90 Å². The van der Waals surface area contributed by atoms with Crippen molar-refractivity contribution in [1.82, 2.24) is 0 Å². The van der Waals surface area contributed by atoms with E-state index in [9.17, 15) is 8.42 Å². The maximum absolute atomic E-state index is 13.0. The van der Waals surface area contributed by atoms with Gasteiger partial charge in [-0.2, -0.15) is 0 Å². The van der Waals surface area contributed by atoms with E-state index in [1.165, 1.54) is 4.31 Å². The summed E-state index contributed by atoms with van der Waals surface area (Å²) < 4.78 is 38.1. The lowest BCUT2D eigenvalue weighted by Gasteiger charge is -2.29. The molecule has 0 aliphatic carbocycles. The van der Waals surface area contributed by atoms with Crippen molar-refractivity contribution in [2.24, 2.45) is 0 Å². The lowest BCUT2D eigenvalue weighted by atomic mass is 10.1. The lowest BCUT2D eigenvalue weighted by Crippen LogP contribution is -2.36. The van der Waals surface area contributed by atoms with Gasteiger partial charge in [0.15, 0.2) is 0 Å². The minimum absolute atomic E-state index is 0.281. The standard InChI is InChI=1S/C19H22N2O4S/c1-24-17-3-5-18(6-4-17)26(22,23)21-9-8-15-14-16(2-7-19(15)21)20-10-12-25-13-11-20/h2-7,14H,8-13H2,1H3. The SMILES string of the molecule is COc1ccc(S(=O)(=O)N2CCc3cc(N4CCOCC4)ccc32)cc1. The third kappa shape index (κ3) is 3.01. The van der Waals surface area contributed by atoms with Gasteiger partial charge in [0, 0.05) is 25.3 Å². The number of methoxy groups -OCH3 is 1. The number of rotatable bonds is 4. The molecule has 0 N–H and O–H groups in total. The van der Waals surface area contributed by atoms with E-state index < -0.39 is 10.0 Å². The van der Waals surface area contributed by atoms with Crippen LogP contribution in [-0.2, 0) is 21.2 Å². The molecular formula is C19H22N2O4S. The Balaban J connectivity index is 1.62. The fraction of sp³-hybridized carbons (Fsp3) is 0.368. The molecule has 0 atom stereocenters. The second-order valence-corrected chi connectivity index (χ2v) is 8.28. The molecular weight excluding hydrogens is 352 g/mol. The Labute approximate surface area is 154 Å². The zero-order valence-corrected chi connectivity index (χ0v) is 15.5. The quantitative estimate of drug-likeness (QED) is 0.822. The highest BCUT2D eigenvalue weighted by Crippen LogP contribution is 2.35. The average Bonchev–Trinajstić information content (AvgIpc) is 3.13. The average molecular weight is 374 g/mol. The van der Waals surface area contributed by atoms with Crippen molar-refractivity contribution in [3.63, 3.8) is 0 Å². The predicted molar refractivity (Wildman–Crippen MR) is 101 cm³/mol. The van der Waals surface area contributed by atoms with Crippen molar-refractivity contribution in [2.75, 3.05) is 49.2 Å². The molecule has 0 spiro atoms. The van der Waals surface area contributed by atoms with Gasteiger partial charge in [-0.15, -0.1) is 0 Å². The summed E-state index contributed by atoms with van der Waals surface area (Å²) in [4.78, 5) is 2.56. The van der Waals surface area contributed by atoms with Crippen LogP contribution < -0.4 is 13.9 Å². The first kappa shape index (κ1) is 17.2. The number of morpholine rings is 1. The van der Waals surface area contributed by atoms with Gasteiger partial charge in [0.2, 0.25) is 0 Å². The topological polar surface area (TPSA) is 59.1 Å². The fourth-order valence-electron chi connectivity index (χ4n) is 3.50. The number of fused-ring (bicyclic) bond motifs is 1. The summed E-state index contributed by atoms with van der Waals surface area (Å²) in [5, 5.41) is 0. The van der Waals surface area contributed by atoms with Crippen LogP contribution in [0.5, 0.6) is 5.75 Å². The molecule has 2 aliphatic heterocycles. The molecule has 6 nitrogen and oxygen atoms in total. The maximum Gasteiger partial charge on any atom is 0.264 e. The number of ether oxygens (including phenoxy) is 2. The lowest BCUT2D eigenvalue weighted by molar-refractivity contribution is 0.122. The molecule has 2 heterocycles. The second kappa shape index (κ2) is 6.81. The van der Waals surface area contributed by atoms with Gasteiger partial charge in [0.25, 0.3) is 10.0 Å². The van der Waals surface area contributed by atoms with Crippen LogP contribution >= 0.6 is 0 Å². The van der Waals surface area contributed by atoms with Crippen molar-refractivity contribution in [1.29, 1.82) is 0 Å². The first-order chi connectivity index (χ1) is 12.6. The Kier molecular flexibility index (Phi) is 4.50. The summed E-state index contributed by atoms with van der Waals surface area (Å²) in [7, 11) is -2.01. The van der Waals surface area contributed by atoms with E-state index in [2.05, 4.69) is 11.0 Å². The predicted octanol–water partition coefficient (Wildman–Crippen LogP) is 2.28. The molecule has 0 bridgehead atoms. The van der Waals surface area contributed by atoms with Gasteiger partial charge in [0.1, 0.15) is 5.75 Å². The zero-order valence-electron chi connectivity index (χ0n) is 14.7. The molecule has 0 aromatic heterocycles. The van der Waals surface area contributed by atoms with E-state index in [0.717, 1.165) is 49.7 Å². The van der Waals surface area contributed by atoms with Crippen LogP contribution in [-0.4, -0.2) is 48.4 Å². The van der Waals surface area contributed by atoms with Crippen LogP contribution in [0, 0.1) is 0 Å². The first-order valence-corrected chi connectivity index (χ1v) is 10.2. The van der Waals surface area contributed by atoms with Gasteiger partial charge in [0.05, 0.1) is 30.9 Å². The fourth-order valence-corrected chi connectivity index (χ4v) is 5.00. The second-order valence-electron chi connectivity index (χ2n) is 6.42. The Morgan fingerprint density at radius 3 is 2.42 bits per heavy atom. The highest BCUT2D eigenvalue weighted by Gasteiger charge is 2.31. The van der Waals surface area contributed by atoms with E-state index in [4.69, 9.17) is 9.47 Å². The molecule has 2 aromatic rings. The van der Waals surface area contributed by atoms with E-state index in [1.807, 2.05) is 12.1 Å². The van der Waals surface area contributed by atoms with Crippen LogP contribution in [0.4, 0.5) is 11.4 Å². The number of benzene rings is 2. The maximum atomic E-state index is 13.0. The summed E-state index contributed by atoms with van der Waals surface area (Å²) >= 11 is 0. The van der Waals surface area contributed by atoms with Gasteiger partial charge < -0.3 is 14.4 Å². The van der Waals surface area contributed by atoms with E-state index >= 15 is 0 Å². The minimum Gasteiger partial charge on any atom is -0.497 e. The van der Waals surface area contributed by atoms with Crippen molar-refractivity contribution < 1.29 is 17.9 Å². The Morgan fingerprint density at radius 1 is 1.00 bits per heavy atom. The largest absolute Gasteiger partial charge is 0.497 e. The van der Waals surface area contributed by atoms with Crippen LogP contribution in [0.3, 0.4) is 0 Å². The van der Waals surface area contributed by atoms with Crippen molar-refractivity contribution in [2.45, 2.75) is 11.3 Å². The summed E-state index contributed by atoms with van der Waals surface area (Å²) in [6, 6.07) is 12.6. The molecule has 1 fully saturated rings. The Morgan fingerprint density at radius 2 is 1.73 bits per heavy atom. The minimum atomic E-state index is -3.57. The van der Waals surface area contributed by atoms with Crippen LogP contribution in [0.1, 0.15) is 5.56 Å². The molecule has 0 saturated carbocycles. The zero-order chi connectivity index (χ0) is 18.1. The molecule has 0 unspecified atom stereocenters. The smallest absolute Gasteiger partial charge is 0.264 e. The summed E-state index contributed by atoms with van der Waals surface area (Å²) in [5.74, 6) is 0.640. The highest BCUT2D eigenvalue weighted by atomic mass is 32.2. The number of sulfonamides is 1. The number of nitrogens with zero attached hydrogens (tertiary/aromatic N) is 2. The number of hydrogen-bond donors (Lipinski definition) is 0. The molecule has 7 heteroatoms. The normalized spacial score (nSPS) is 17.3. The molecule has 4 rings (SSSR count). The van der Waals surface area contributed by atoms with Gasteiger partial charge in [-0.05, 0) is 54.4 Å². The Bertz CT molecular complexity index is 890. The van der Waals surface area contributed by atoms with Crippen LogP contribution in [0.2, 0.25) is 0 Å².